The van der Waals surface area contributed by atoms with Crippen LogP contribution in [0.25, 0.3) is 0 Å². The fraction of sp³-hybridized carbons (Fsp3) is 0.519. The van der Waals surface area contributed by atoms with E-state index in [1.54, 1.807) is 6.07 Å². The predicted molar refractivity (Wildman–Crippen MR) is 128 cm³/mol. The summed E-state index contributed by atoms with van der Waals surface area (Å²) >= 11 is 0. The van der Waals surface area contributed by atoms with Crippen LogP contribution in [0.2, 0.25) is 0 Å². The van der Waals surface area contributed by atoms with Crippen LogP contribution in [0.5, 0.6) is 17.2 Å². The van der Waals surface area contributed by atoms with E-state index in [-0.39, 0.29) is 24.8 Å². The molecule has 3 aliphatic rings. The second kappa shape index (κ2) is 10.8. The number of nitrogens with zero attached hydrogens (tertiary/aromatic N) is 1. The van der Waals surface area contributed by atoms with Crippen LogP contribution in [0, 0.1) is 11.7 Å². The zero-order valence-electron chi connectivity index (χ0n) is 19.8. The first-order chi connectivity index (χ1) is 17.1. The average Bonchev–Trinajstić information content (AvgIpc) is 2.85. The highest BCUT2D eigenvalue weighted by molar-refractivity contribution is 5.76. The Balaban J connectivity index is 1.25. The van der Waals surface area contributed by atoms with Gasteiger partial charge in [0.25, 0.3) is 0 Å². The number of amides is 1. The maximum Gasteiger partial charge on any atom is 0.223 e. The van der Waals surface area contributed by atoms with Crippen molar-refractivity contribution in [1.82, 2.24) is 10.2 Å². The molecule has 35 heavy (non-hydrogen) atoms. The molecule has 2 aliphatic heterocycles. The van der Waals surface area contributed by atoms with Crippen LogP contribution < -0.4 is 19.5 Å². The maximum absolute atomic E-state index is 13.1. The van der Waals surface area contributed by atoms with Crippen molar-refractivity contribution >= 4 is 5.91 Å². The van der Waals surface area contributed by atoms with E-state index in [0.717, 1.165) is 18.9 Å². The van der Waals surface area contributed by atoms with Crippen LogP contribution in [0.4, 0.5) is 4.39 Å². The lowest BCUT2D eigenvalue weighted by molar-refractivity contribution is -0.123. The van der Waals surface area contributed by atoms with Crippen molar-refractivity contribution in [3.05, 3.63) is 53.8 Å². The van der Waals surface area contributed by atoms with Gasteiger partial charge >= 0.3 is 0 Å². The molecule has 1 aliphatic carbocycles. The molecular formula is C27H33FN2O5. The zero-order valence-corrected chi connectivity index (χ0v) is 19.8. The third kappa shape index (κ3) is 5.70. The largest absolute Gasteiger partial charge is 0.493 e. The molecular weight excluding hydrogens is 451 g/mol. The summed E-state index contributed by atoms with van der Waals surface area (Å²) in [6.45, 7) is 2.71. The van der Waals surface area contributed by atoms with Gasteiger partial charge in [-0.2, -0.15) is 0 Å². The van der Waals surface area contributed by atoms with Gasteiger partial charge < -0.3 is 24.6 Å². The second-order valence-electron chi connectivity index (χ2n) is 9.62. The standard InChI is InChI=1S/C27H33FN2O5/c28-20-5-7-21(8-6-20)33-13-11-26(31)29-22(17-30-12-1-2-18-3-9-23(18)30)27(32)19-4-10-24-25(16-19)35-15-14-34-24/h4-8,10,16,18,22-23,27,32H,1-3,9,11-15,17H2,(H,29,31)/t18?,22-,23?,27-/m1/s1. The Morgan fingerprint density at radius 2 is 1.91 bits per heavy atom. The van der Waals surface area contributed by atoms with Crippen LogP contribution in [0.1, 0.15) is 43.8 Å². The summed E-state index contributed by atoms with van der Waals surface area (Å²) in [5.74, 6) is 1.99. The Bertz CT molecular complexity index is 1020. The minimum Gasteiger partial charge on any atom is -0.493 e. The molecule has 0 spiro atoms. The summed E-state index contributed by atoms with van der Waals surface area (Å²) in [5.41, 5.74) is 0.685. The average molecular weight is 485 g/mol. The van der Waals surface area contributed by atoms with Gasteiger partial charge in [0.2, 0.25) is 5.91 Å². The monoisotopic (exact) mass is 484 g/mol. The molecule has 2 aromatic carbocycles. The van der Waals surface area contributed by atoms with Gasteiger partial charge in [0.15, 0.2) is 11.5 Å². The molecule has 2 aromatic rings. The quantitative estimate of drug-likeness (QED) is 0.568. The minimum atomic E-state index is -0.895. The molecule has 1 amide bonds. The first-order valence-corrected chi connectivity index (χ1v) is 12.6. The first-order valence-electron chi connectivity index (χ1n) is 12.6. The van der Waals surface area contributed by atoms with Crippen LogP contribution in [-0.4, -0.2) is 60.9 Å². The molecule has 7 nitrogen and oxygen atoms in total. The molecule has 2 heterocycles. The first kappa shape index (κ1) is 23.9. The number of ether oxygens (including phenoxy) is 3. The van der Waals surface area contributed by atoms with Crippen molar-refractivity contribution in [3.8, 4) is 17.2 Å². The number of rotatable bonds is 9. The molecule has 1 saturated heterocycles. The highest BCUT2D eigenvalue weighted by Crippen LogP contribution is 2.40. The Morgan fingerprint density at radius 3 is 2.69 bits per heavy atom. The molecule has 8 heteroatoms. The Hall–Kier alpha value is -2.84. The summed E-state index contributed by atoms with van der Waals surface area (Å²) in [6.07, 6.45) is 4.10. The number of aliphatic hydroxyl groups is 1. The van der Waals surface area contributed by atoms with E-state index in [1.165, 1.54) is 43.5 Å². The van der Waals surface area contributed by atoms with Gasteiger partial charge in [-0.15, -0.1) is 0 Å². The number of benzene rings is 2. The number of carbonyl (C=O) groups is 1. The summed E-state index contributed by atoms with van der Waals surface area (Å²) in [4.78, 5) is 15.3. The maximum atomic E-state index is 13.1. The van der Waals surface area contributed by atoms with Gasteiger partial charge in [0.1, 0.15) is 30.9 Å². The normalized spacial score (nSPS) is 22.9. The fourth-order valence-electron chi connectivity index (χ4n) is 5.34. The summed E-state index contributed by atoms with van der Waals surface area (Å²) in [6, 6.07) is 11.2. The number of carbonyl (C=O) groups excluding carboxylic acids is 1. The van der Waals surface area contributed by atoms with Crippen molar-refractivity contribution in [3.63, 3.8) is 0 Å². The van der Waals surface area contributed by atoms with Crippen LogP contribution in [0.3, 0.4) is 0 Å². The minimum absolute atomic E-state index is 0.133. The van der Waals surface area contributed by atoms with E-state index in [9.17, 15) is 14.3 Å². The highest BCUT2D eigenvalue weighted by atomic mass is 19.1. The smallest absolute Gasteiger partial charge is 0.223 e. The number of likely N-dealkylation sites (tertiary alicyclic amines) is 1. The molecule has 0 bridgehead atoms. The molecule has 2 fully saturated rings. The lowest BCUT2D eigenvalue weighted by Crippen LogP contribution is -2.56. The highest BCUT2D eigenvalue weighted by Gasteiger charge is 2.39. The molecule has 2 unspecified atom stereocenters. The Kier molecular flexibility index (Phi) is 7.39. The molecule has 2 N–H and O–H groups in total. The van der Waals surface area contributed by atoms with Gasteiger partial charge in [-0.3, -0.25) is 9.69 Å². The van der Waals surface area contributed by atoms with Gasteiger partial charge in [-0.25, -0.2) is 4.39 Å². The van der Waals surface area contributed by atoms with Crippen LogP contribution in [0.15, 0.2) is 42.5 Å². The van der Waals surface area contributed by atoms with Gasteiger partial charge in [-0.1, -0.05) is 6.07 Å². The molecule has 4 atom stereocenters. The predicted octanol–water partition coefficient (Wildman–Crippen LogP) is 3.46. The van der Waals surface area contributed by atoms with E-state index in [2.05, 4.69) is 10.2 Å². The third-order valence-corrected chi connectivity index (χ3v) is 7.34. The SMILES string of the molecule is O=C(CCOc1ccc(F)cc1)N[C@H](CN1CCCC2CCC21)[C@H](O)c1ccc2c(c1)OCCO2. The van der Waals surface area contributed by atoms with E-state index in [4.69, 9.17) is 14.2 Å². The Labute approximate surface area is 205 Å². The molecule has 0 aromatic heterocycles. The van der Waals surface area contributed by atoms with Crippen molar-refractivity contribution in [2.45, 2.75) is 50.3 Å². The number of fused-ring (bicyclic) bond motifs is 2. The van der Waals surface area contributed by atoms with Crippen LogP contribution >= 0.6 is 0 Å². The lowest BCUT2D eigenvalue weighted by atomic mass is 9.73. The molecule has 0 radical (unpaired) electrons. The van der Waals surface area contributed by atoms with E-state index < -0.39 is 12.1 Å². The number of aliphatic hydroxyl groups excluding tert-OH is 1. The van der Waals surface area contributed by atoms with E-state index in [1.807, 2.05) is 12.1 Å². The number of halogens is 1. The lowest BCUT2D eigenvalue weighted by Gasteiger charge is -2.49. The fourth-order valence-corrected chi connectivity index (χ4v) is 5.34. The number of hydrogen-bond donors (Lipinski definition) is 2. The summed E-state index contributed by atoms with van der Waals surface area (Å²) in [7, 11) is 0. The molecule has 5 rings (SSSR count). The van der Waals surface area contributed by atoms with Gasteiger partial charge in [0.05, 0.1) is 19.1 Å². The molecule has 188 valence electrons. The number of nitrogens with one attached hydrogen (secondary N) is 1. The third-order valence-electron chi connectivity index (χ3n) is 7.34. The summed E-state index contributed by atoms with van der Waals surface area (Å²) < 4.78 is 30.0. The van der Waals surface area contributed by atoms with Gasteiger partial charge in [-0.05, 0) is 80.1 Å². The van der Waals surface area contributed by atoms with Gasteiger partial charge in [0, 0.05) is 12.6 Å². The van der Waals surface area contributed by atoms with Crippen molar-refractivity contribution < 1.29 is 28.5 Å². The summed E-state index contributed by atoms with van der Waals surface area (Å²) in [5, 5.41) is 14.4. The van der Waals surface area contributed by atoms with Crippen LogP contribution in [-0.2, 0) is 4.79 Å². The number of hydrogen-bond acceptors (Lipinski definition) is 6. The van der Waals surface area contributed by atoms with Crippen molar-refractivity contribution in [2.24, 2.45) is 5.92 Å². The Morgan fingerprint density at radius 1 is 1.11 bits per heavy atom. The van der Waals surface area contributed by atoms with E-state index >= 15 is 0 Å². The zero-order chi connectivity index (χ0) is 24.2. The topological polar surface area (TPSA) is 80.3 Å². The van der Waals surface area contributed by atoms with Crippen molar-refractivity contribution in [2.75, 3.05) is 32.9 Å². The second-order valence-corrected chi connectivity index (χ2v) is 9.62. The van der Waals surface area contributed by atoms with Crippen molar-refractivity contribution in [1.29, 1.82) is 0 Å². The molecule has 1 saturated carbocycles. The number of piperidine rings is 1. The van der Waals surface area contributed by atoms with E-state index in [0.29, 0.717) is 48.6 Å².